The summed E-state index contributed by atoms with van der Waals surface area (Å²) in [5, 5.41) is 2.51. The number of esters is 2. The Kier molecular flexibility index (Phi) is 6.57. The largest absolute Gasteiger partial charge is 0.462 e. The molecule has 1 aromatic heterocycles. The summed E-state index contributed by atoms with van der Waals surface area (Å²) in [7, 11) is 0. The second-order valence-corrected chi connectivity index (χ2v) is 6.06. The monoisotopic (exact) mass is 423 g/mol. The van der Waals surface area contributed by atoms with E-state index in [-0.39, 0.29) is 36.0 Å². The average Bonchev–Trinajstić information content (AvgIpc) is 2.92. The van der Waals surface area contributed by atoms with Crippen LogP contribution in [0.2, 0.25) is 0 Å². The summed E-state index contributed by atoms with van der Waals surface area (Å²) in [4.78, 5) is 36.9. The number of ether oxygens (including phenoxy) is 2. The minimum absolute atomic E-state index is 0.0589. The lowest BCUT2D eigenvalue weighted by molar-refractivity contribution is 0.0480. The molecule has 0 aliphatic carbocycles. The van der Waals surface area contributed by atoms with Gasteiger partial charge in [-0.1, -0.05) is 15.9 Å². The van der Waals surface area contributed by atoms with E-state index in [9.17, 15) is 14.4 Å². The van der Waals surface area contributed by atoms with E-state index < -0.39 is 17.8 Å². The Morgan fingerprint density at radius 1 is 1.00 bits per heavy atom. The van der Waals surface area contributed by atoms with Crippen molar-refractivity contribution in [1.82, 2.24) is 0 Å². The van der Waals surface area contributed by atoms with Gasteiger partial charge in [0.15, 0.2) is 0 Å². The first kappa shape index (κ1) is 19.7. The van der Waals surface area contributed by atoms with Gasteiger partial charge in [0.25, 0.3) is 5.91 Å². The summed E-state index contributed by atoms with van der Waals surface area (Å²) < 4.78 is 16.2. The van der Waals surface area contributed by atoms with Crippen LogP contribution in [0.25, 0.3) is 0 Å². The quantitative estimate of drug-likeness (QED) is 0.706. The first-order valence-electron chi connectivity index (χ1n) is 7.93. The third-order valence-electron chi connectivity index (χ3n) is 3.38. The molecule has 1 N–H and O–H groups in total. The summed E-state index contributed by atoms with van der Waals surface area (Å²) >= 11 is 3.29. The Morgan fingerprint density at radius 2 is 1.54 bits per heavy atom. The van der Waals surface area contributed by atoms with E-state index in [2.05, 4.69) is 21.2 Å². The van der Waals surface area contributed by atoms with Crippen LogP contribution in [-0.4, -0.2) is 31.1 Å². The van der Waals surface area contributed by atoms with Gasteiger partial charge in [-0.15, -0.1) is 0 Å². The molecule has 0 bridgehead atoms. The maximum atomic E-state index is 12.4. The first-order valence-corrected chi connectivity index (χ1v) is 8.72. The number of carbonyl (C=O) groups excluding carboxylic acids is 3. The van der Waals surface area contributed by atoms with Gasteiger partial charge in [-0.05, 0) is 45.0 Å². The fourth-order valence-corrected chi connectivity index (χ4v) is 2.52. The molecule has 0 radical (unpaired) electrons. The number of hydrogen-bond donors (Lipinski definition) is 1. The van der Waals surface area contributed by atoms with Gasteiger partial charge in [0.1, 0.15) is 16.9 Å². The number of aryl methyl sites for hydroxylation is 1. The zero-order chi connectivity index (χ0) is 19.3. The summed E-state index contributed by atoms with van der Waals surface area (Å²) in [5.74, 6) is -2.00. The Balaban J connectivity index is 2.42. The van der Waals surface area contributed by atoms with E-state index in [0.717, 1.165) is 4.47 Å². The standard InChI is InChI=1S/C18H18BrNO6/c1-4-24-17(22)13-10(3)26-16(14(13)18(23)25-5-2)20-15(21)11-6-8-12(19)9-7-11/h6-9H,4-5H2,1-3H3,(H,20,21). The lowest BCUT2D eigenvalue weighted by atomic mass is 10.1. The average molecular weight is 424 g/mol. The summed E-state index contributed by atoms with van der Waals surface area (Å²) in [6, 6.07) is 6.62. The Morgan fingerprint density at radius 3 is 2.08 bits per heavy atom. The van der Waals surface area contributed by atoms with E-state index >= 15 is 0 Å². The SMILES string of the molecule is CCOC(=O)c1c(C)oc(NC(=O)c2ccc(Br)cc2)c1C(=O)OCC. The van der Waals surface area contributed by atoms with E-state index in [4.69, 9.17) is 13.9 Å². The van der Waals surface area contributed by atoms with Crippen molar-refractivity contribution < 1.29 is 28.3 Å². The number of halogens is 1. The van der Waals surface area contributed by atoms with Crippen LogP contribution in [0.3, 0.4) is 0 Å². The molecule has 0 saturated heterocycles. The van der Waals surface area contributed by atoms with Crippen molar-refractivity contribution in [2.24, 2.45) is 0 Å². The fourth-order valence-electron chi connectivity index (χ4n) is 2.26. The molecule has 0 spiro atoms. The maximum absolute atomic E-state index is 12.4. The molecule has 1 heterocycles. The molecule has 0 aliphatic rings. The number of carbonyl (C=O) groups is 3. The molecule has 0 saturated carbocycles. The predicted octanol–water partition coefficient (Wildman–Crippen LogP) is 3.96. The Labute approximate surface area is 158 Å². The van der Waals surface area contributed by atoms with Gasteiger partial charge >= 0.3 is 11.9 Å². The van der Waals surface area contributed by atoms with Crippen LogP contribution in [0.4, 0.5) is 5.88 Å². The van der Waals surface area contributed by atoms with Gasteiger partial charge in [-0.2, -0.15) is 0 Å². The van der Waals surface area contributed by atoms with Crippen molar-refractivity contribution in [1.29, 1.82) is 0 Å². The number of furan rings is 1. The van der Waals surface area contributed by atoms with Crippen molar-refractivity contribution in [3.8, 4) is 0 Å². The van der Waals surface area contributed by atoms with E-state index in [0.29, 0.717) is 5.56 Å². The number of hydrogen-bond acceptors (Lipinski definition) is 6. The van der Waals surface area contributed by atoms with E-state index in [1.165, 1.54) is 6.92 Å². The topological polar surface area (TPSA) is 94.8 Å². The van der Waals surface area contributed by atoms with Crippen LogP contribution in [-0.2, 0) is 9.47 Å². The maximum Gasteiger partial charge on any atom is 0.344 e. The van der Waals surface area contributed by atoms with Crippen molar-refractivity contribution in [3.05, 3.63) is 51.2 Å². The van der Waals surface area contributed by atoms with Crippen molar-refractivity contribution in [2.45, 2.75) is 20.8 Å². The molecule has 26 heavy (non-hydrogen) atoms. The third-order valence-corrected chi connectivity index (χ3v) is 3.91. The lowest BCUT2D eigenvalue weighted by Gasteiger charge is -2.07. The zero-order valence-corrected chi connectivity index (χ0v) is 16.1. The molecular weight excluding hydrogens is 406 g/mol. The Bertz CT molecular complexity index is 825. The molecule has 0 atom stereocenters. The van der Waals surface area contributed by atoms with Crippen molar-refractivity contribution >= 4 is 39.7 Å². The zero-order valence-electron chi connectivity index (χ0n) is 14.6. The normalized spacial score (nSPS) is 10.3. The molecule has 2 aromatic rings. The van der Waals surface area contributed by atoms with Crippen LogP contribution in [0.1, 0.15) is 50.7 Å². The van der Waals surface area contributed by atoms with Crippen LogP contribution in [0.5, 0.6) is 0 Å². The minimum Gasteiger partial charge on any atom is -0.462 e. The summed E-state index contributed by atoms with van der Waals surface area (Å²) in [6.07, 6.45) is 0. The second kappa shape index (κ2) is 8.66. The van der Waals surface area contributed by atoms with Crippen LogP contribution >= 0.6 is 15.9 Å². The number of nitrogens with one attached hydrogen (secondary N) is 1. The second-order valence-electron chi connectivity index (χ2n) is 5.14. The highest BCUT2D eigenvalue weighted by atomic mass is 79.9. The molecule has 8 heteroatoms. The van der Waals surface area contributed by atoms with Crippen molar-refractivity contribution in [3.63, 3.8) is 0 Å². The van der Waals surface area contributed by atoms with Gasteiger partial charge in [-0.25, -0.2) is 9.59 Å². The number of benzene rings is 1. The van der Waals surface area contributed by atoms with E-state index in [1.807, 2.05) is 0 Å². The van der Waals surface area contributed by atoms with E-state index in [1.54, 1.807) is 38.1 Å². The molecule has 0 fully saturated rings. The van der Waals surface area contributed by atoms with Crippen molar-refractivity contribution in [2.75, 3.05) is 18.5 Å². The smallest absolute Gasteiger partial charge is 0.344 e. The molecule has 138 valence electrons. The fraction of sp³-hybridized carbons (Fsp3) is 0.278. The summed E-state index contributed by atoms with van der Waals surface area (Å²) in [5.41, 5.74) is 0.138. The van der Waals surface area contributed by atoms with Gasteiger partial charge in [0.2, 0.25) is 5.88 Å². The van der Waals surface area contributed by atoms with Gasteiger partial charge in [0.05, 0.1) is 13.2 Å². The number of amides is 1. The molecule has 0 aliphatic heterocycles. The predicted molar refractivity (Wildman–Crippen MR) is 97.5 cm³/mol. The van der Waals surface area contributed by atoms with Crippen LogP contribution < -0.4 is 5.32 Å². The third kappa shape index (κ3) is 4.32. The highest BCUT2D eigenvalue weighted by molar-refractivity contribution is 9.10. The minimum atomic E-state index is -0.779. The van der Waals surface area contributed by atoms with Gasteiger partial charge in [-0.3, -0.25) is 10.1 Å². The lowest BCUT2D eigenvalue weighted by Crippen LogP contribution is -2.17. The molecule has 1 amide bonds. The molecule has 1 aromatic carbocycles. The van der Waals surface area contributed by atoms with Crippen LogP contribution in [0, 0.1) is 6.92 Å². The summed E-state index contributed by atoms with van der Waals surface area (Å²) in [6.45, 7) is 5.02. The molecule has 7 nitrogen and oxygen atoms in total. The highest BCUT2D eigenvalue weighted by Crippen LogP contribution is 2.29. The molecule has 2 rings (SSSR count). The van der Waals surface area contributed by atoms with Gasteiger partial charge in [0, 0.05) is 10.0 Å². The first-order chi connectivity index (χ1) is 12.4. The highest BCUT2D eigenvalue weighted by Gasteiger charge is 2.31. The Hall–Kier alpha value is -2.61. The number of anilines is 1. The number of rotatable bonds is 6. The van der Waals surface area contributed by atoms with Crippen LogP contribution in [0.15, 0.2) is 33.2 Å². The molecule has 0 unspecified atom stereocenters. The van der Waals surface area contributed by atoms with Gasteiger partial charge < -0.3 is 13.9 Å². The molecular formula is C18H18BrNO6.